The van der Waals surface area contributed by atoms with Crippen molar-refractivity contribution in [3.63, 3.8) is 0 Å². The summed E-state index contributed by atoms with van der Waals surface area (Å²) in [5, 5.41) is 0. The van der Waals surface area contributed by atoms with Crippen LogP contribution in [-0.4, -0.2) is 28.5 Å². The Hall–Kier alpha value is -0.670. The fourth-order valence-corrected chi connectivity index (χ4v) is 3.55. The fourth-order valence-electron chi connectivity index (χ4n) is 2.41. The van der Waals surface area contributed by atoms with Gasteiger partial charge in [-0.25, -0.2) is 0 Å². The predicted molar refractivity (Wildman–Crippen MR) is 77.4 cm³/mol. The van der Waals surface area contributed by atoms with Gasteiger partial charge in [0.05, 0.1) is 0 Å². The molecular weight excluding hydrogens is 228 g/mol. The summed E-state index contributed by atoms with van der Waals surface area (Å²) in [4.78, 5) is 2.56. The second-order valence-corrected chi connectivity index (χ2v) is 7.23. The standard InChI is InChI=1S/C14H22N2S/c1-11(12-5-4-6-13(15)9-12)16-7-8-17-14(2,3)10-16/h4-6,9,11H,7-8,10,15H2,1-3H3. The molecule has 1 aliphatic heterocycles. The van der Waals surface area contributed by atoms with Crippen molar-refractivity contribution in [1.29, 1.82) is 0 Å². The molecule has 0 saturated carbocycles. The van der Waals surface area contributed by atoms with E-state index in [1.54, 1.807) is 0 Å². The molecule has 3 heteroatoms. The summed E-state index contributed by atoms with van der Waals surface area (Å²) in [6.45, 7) is 9.25. The largest absolute Gasteiger partial charge is 0.399 e. The van der Waals surface area contributed by atoms with E-state index in [2.05, 4.69) is 49.6 Å². The maximum atomic E-state index is 5.86. The summed E-state index contributed by atoms with van der Waals surface area (Å²) < 4.78 is 0.368. The van der Waals surface area contributed by atoms with Gasteiger partial charge in [0.15, 0.2) is 0 Å². The van der Waals surface area contributed by atoms with Crippen molar-refractivity contribution in [2.75, 3.05) is 24.6 Å². The predicted octanol–water partition coefficient (Wildman–Crippen LogP) is 3.16. The van der Waals surface area contributed by atoms with Crippen molar-refractivity contribution in [1.82, 2.24) is 4.90 Å². The molecule has 1 aromatic rings. The molecule has 1 fully saturated rings. The zero-order valence-electron chi connectivity index (χ0n) is 10.9. The van der Waals surface area contributed by atoms with Gasteiger partial charge in [0, 0.05) is 35.3 Å². The molecule has 0 aliphatic carbocycles. The summed E-state index contributed by atoms with van der Waals surface area (Å²) in [5.41, 5.74) is 8.04. The Kier molecular flexibility index (Phi) is 3.69. The Bertz CT molecular complexity index is 390. The fraction of sp³-hybridized carbons (Fsp3) is 0.571. The molecule has 94 valence electrons. The molecule has 1 heterocycles. The molecule has 0 radical (unpaired) electrons. The summed E-state index contributed by atoms with van der Waals surface area (Å²) in [6, 6.07) is 8.73. The topological polar surface area (TPSA) is 29.3 Å². The smallest absolute Gasteiger partial charge is 0.0321 e. The SMILES string of the molecule is CC(c1cccc(N)c1)N1CCSC(C)(C)C1. The number of hydrogen-bond donors (Lipinski definition) is 1. The molecule has 1 atom stereocenters. The molecule has 0 spiro atoms. The van der Waals surface area contributed by atoms with Gasteiger partial charge in [-0.1, -0.05) is 12.1 Å². The third kappa shape index (κ3) is 3.17. The Balaban J connectivity index is 2.12. The van der Waals surface area contributed by atoms with Crippen molar-refractivity contribution in [2.45, 2.75) is 31.6 Å². The molecule has 0 bridgehead atoms. The van der Waals surface area contributed by atoms with E-state index in [4.69, 9.17) is 5.73 Å². The second-order valence-electron chi connectivity index (χ2n) is 5.42. The van der Waals surface area contributed by atoms with Crippen LogP contribution in [-0.2, 0) is 0 Å². The van der Waals surface area contributed by atoms with Crippen LogP contribution in [0.4, 0.5) is 5.69 Å². The number of thioether (sulfide) groups is 1. The molecule has 1 saturated heterocycles. The quantitative estimate of drug-likeness (QED) is 0.818. The van der Waals surface area contributed by atoms with Crippen LogP contribution in [0.5, 0.6) is 0 Å². The number of hydrogen-bond acceptors (Lipinski definition) is 3. The van der Waals surface area contributed by atoms with Gasteiger partial charge in [0.1, 0.15) is 0 Å². The van der Waals surface area contributed by atoms with Gasteiger partial charge in [-0.2, -0.15) is 11.8 Å². The van der Waals surface area contributed by atoms with Crippen LogP contribution in [0.3, 0.4) is 0 Å². The molecule has 0 aromatic heterocycles. The van der Waals surface area contributed by atoms with Gasteiger partial charge in [-0.05, 0) is 38.5 Å². The molecule has 1 aliphatic rings. The van der Waals surface area contributed by atoms with Gasteiger partial charge in [0.2, 0.25) is 0 Å². The van der Waals surface area contributed by atoms with Crippen LogP contribution in [0.15, 0.2) is 24.3 Å². The van der Waals surface area contributed by atoms with E-state index in [1.165, 1.54) is 17.9 Å². The molecule has 2 N–H and O–H groups in total. The van der Waals surface area contributed by atoms with Crippen molar-refractivity contribution in [3.8, 4) is 0 Å². The van der Waals surface area contributed by atoms with E-state index in [-0.39, 0.29) is 0 Å². The summed E-state index contributed by atoms with van der Waals surface area (Å²) >= 11 is 2.07. The third-order valence-corrected chi connectivity index (χ3v) is 4.69. The van der Waals surface area contributed by atoms with Gasteiger partial charge in [-0.3, -0.25) is 4.90 Å². The van der Waals surface area contributed by atoms with Gasteiger partial charge in [0.25, 0.3) is 0 Å². The first-order valence-corrected chi connectivity index (χ1v) is 7.20. The van der Waals surface area contributed by atoms with E-state index >= 15 is 0 Å². The highest BCUT2D eigenvalue weighted by Gasteiger charge is 2.29. The number of benzene rings is 1. The maximum Gasteiger partial charge on any atom is 0.0321 e. The highest BCUT2D eigenvalue weighted by atomic mass is 32.2. The molecule has 17 heavy (non-hydrogen) atoms. The zero-order chi connectivity index (χ0) is 12.5. The normalized spacial score (nSPS) is 22.3. The average Bonchev–Trinajstić information content (AvgIpc) is 2.26. The van der Waals surface area contributed by atoms with E-state index < -0.39 is 0 Å². The maximum absolute atomic E-state index is 5.86. The highest BCUT2D eigenvalue weighted by molar-refractivity contribution is 8.00. The minimum Gasteiger partial charge on any atom is -0.399 e. The molecule has 0 amide bonds. The van der Waals surface area contributed by atoms with Gasteiger partial charge in [-0.15, -0.1) is 0 Å². The van der Waals surface area contributed by atoms with E-state index in [9.17, 15) is 0 Å². The number of nitrogen functional groups attached to an aromatic ring is 1. The summed E-state index contributed by atoms with van der Waals surface area (Å²) in [7, 11) is 0. The number of nitrogens with zero attached hydrogens (tertiary/aromatic N) is 1. The lowest BCUT2D eigenvalue weighted by molar-refractivity contribution is 0.201. The lowest BCUT2D eigenvalue weighted by atomic mass is 10.0. The Morgan fingerprint density at radius 2 is 2.18 bits per heavy atom. The number of nitrogens with two attached hydrogens (primary N) is 1. The number of anilines is 1. The lowest BCUT2D eigenvalue weighted by Gasteiger charge is -2.41. The summed E-state index contributed by atoms with van der Waals surface area (Å²) in [5.74, 6) is 1.22. The van der Waals surface area contributed by atoms with Crippen LogP contribution in [0.2, 0.25) is 0 Å². The van der Waals surface area contributed by atoms with Crippen molar-refractivity contribution in [3.05, 3.63) is 29.8 Å². The van der Waals surface area contributed by atoms with Crippen LogP contribution in [0.1, 0.15) is 32.4 Å². The van der Waals surface area contributed by atoms with Crippen molar-refractivity contribution < 1.29 is 0 Å². The van der Waals surface area contributed by atoms with Crippen molar-refractivity contribution in [2.24, 2.45) is 0 Å². The lowest BCUT2D eigenvalue weighted by Crippen LogP contribution is -2.44. The van der Waals surface area contributed by atoms with E-state index in [0.717, 1.165) is 12.2 Å². The molecule has 1 unspecified atom stereocenters. The van der Waals surface area contributed by atoms with Crippen molar-refractivity contribution >= 4 is 17.4 Å². The second kappa shape index (κ2) is 4.91. The van der Waals surface area contributed by atoms with Crippen LogP contribution in [0.25, 0.3) is 0 Å². The van der Waals surface area contributed by atoms with E-state index in [1.807, 2.05) is 12.1 Å². The van der Waals surface area contributed by atoms with Gasteiger partial charge < -0.3 is 5.73 Å². The van der Waals surface area contributed by atoms with Gasteiger partial charge >= 0.3 is 0 Å². The molecule has 2 rings (SSSR count). The average molecular weight is 250 g/mol. The first-order chi connectivity index (χ1) is 7.98. The Morgan fingerprint density at radius 1 is 1.41 bits per heavy atom. The van der Waals surface area contributed by atoms with Crippen LogP contribution < -0.4 is 5.73 Å². The Labute approximate surface area is 109 Å². The monoisotopic (exact) mass is 250 g/mol. The van der Waals surface area contributed by atoms with Crippen LogP contribution in [0, 0.1) is 0 Å². The Morgan fingerprint density at radius 3 is 2.82 bits per heavy atom. The van der Waals surface area contributed by atoms with E-state index in [0.29, 0.717) is 10.8 Å². The number of rotatable bonds is 2. The highest BCUT2D eigenvalue weighted by Crippen LogP contribution is 2.34. The molecular formula is C14H22N2S. The van der Waals surface area contributed by atoms with Crippen LogP contribution >= 0.6 is 11.8 Å². The zero-order valence-corrected chi connectivity index (χ0v) is 11.8. The first-order valence-electron chi connectivity index (χ1n) is 6.21. The minimum atomic E-state index is 0.368. The third-order valence-electron chi connectivity index (χ3n) is 3.40. The first kappa shape index (κ1) is 12.8. The molecule has 1 aromatic carbocycles. The minimum absolute atomic E-state index is 0.368. The summed E-state index contributed by atoms with van der Waals surface area (Å²) in [6.07, 6.45) is 0. The molecule has 2 nitrogen and oxygen atoms in total.